The first-order chi connectivity index (χ1) is 13.6. The molecule has 1 aliphatic heterocycles. The lowest BCUT2D eigenvalue weighted by Gasteiger charge is -2.19. The van der Waals surface area contributed by atoms with E-state index in [9.17, 15) is 9.90 Å². The lowest BCUT2D eigenvalue weighted by molar-refractivity contribution is 0.0773. The lowest BCUT2D eigenvalue weighted by atomic mass is 9.96. The van der Waals surface area contributed by atoms with Crippen molar-refractivity contribution in [2.24, 2.45) is 0 Å². The fourth-order valence-corrected chi connectivity index (χ4v) is 3.75. The third kappa shape index (κ3) is 4.82. The highest BCUT2D eigenvalue weighted by Crippen LogP contribution is 2.27. The van der Waals surface area contributed by atoms with Crippen LogP contribution in [0.5, 0.6) is 5.75 Å². The summed E-state index contributed by atoms with van der Waals surface area (Å²) in [6.45, 7) is 8.59. The molecule has 1 amide bonds. The third-order valence-corrected chi connectivity index (χ3v) is 5.40. The van der Waals surface area contributed by atoms with Crippen molar-refractivity contribution < 1.29 is 9.90 Å². The van der Waals surface area contributed by atoms with Crippen LogP contribution in [-0.4, -0.2) is 53.5 Å². The molecule has 1 fully saturated rings. The monoisotopic (exact) mass is 378 g/mol. The fraction of sp³-hybridized carbons (Fsp3) is 0.375. The van der Waals surface area contributed by atoms with Crippen molar-refractivity contribution in [2.45, 2.75) is 26.7 Å². The van der Waals surface area contributed by atoms with Crippen LogP contribution in [0.4, 0.5) is 0 Å². The minimum Gasteiger partial charge on any atom is -0.508 e. The van der Waals surface area contributed by atoms with Crippen LogP contribution in [0.15, 0.2) is 54.6 Å². The van der Waals surface area contributed by atoms with Crippen molar-refractivity contribution in [3.8, 4) is 5.75 Å². The molecule has 1 aliphatic rings. The van der Waals surface area contributed by atoms with Crippen molar-refractivity contribution in [1.82, 2.24) is 9.80 Å². The molecule has 4 nitrogen and oxygen atoms in total. The summed E-state index contributed by atoms with van der Waals surface area (Å²) >= 11 is 0. The van der Waals surface area contributed by atoms with E-state index in [1.54, 1.807) is 12.1 Å². The van der Waals surface area contributed by atoms with E-state index in [0.29, 0.717) is 18.7 Å². The molecular weight excluding hydrogens is 348 g/mol. The predicted molar refractivity (Wildman–Crippen MR) is 115 cm³/mol. The molecule has 0 bridgehead atoms. The molecule has 0 aromatic heterocycles. The van der Waals surface area contributed by atoms with Crippen molar-refractivity contribution >= 4 is 11.5 Å². The van der Waals surface area contributed by atoms with Gasteiger partial charge in [0, 0.05) is 25.2 Å². The molecule has 1 saturated heterocycles. The Balaban J connectivity index is 1.89. The van der Waals surface area contributed by atoms with Crippen molar-refractivity contribution in [3.05, 3.63) is 71.3 Å². The third-order valence-electron chi connectivity index (χ3n) is 5.40. The predicted octanol–water partition coefficient (Wildman–Crippen LogP) is 4.40. The lowest BCUT2D eigenvalue weighted by Crippen LogP contribution is -2.30. The van der Waals surface area contributed by atoms with Crippen LogP contribution in [0, 0.1) is 0 Å². The number of carbonyl (C=O) groups excluding carboxylic acids is 1. The van der Waals surface area contributed by atoms with Gasteiger partial charge in [-0.1, -0.05) is 30.3 Å². The van der Waals surface area contributed by atoms with E-state index in [4.69, 9.17) is 0 Å². The first-order valence-corrected chi connectivity index (χ1v) is 10.2. The van der Waals surface area contributed by atoms with Crippen LogP contribution in [0.2, 0.25) is 0 Å². The zero-order valence-corrected chi connectivity index (χ0v) is 16.9. The van der Waals surface area contributed by atoms with Crippen molar-refractivity contribution in [2.75, 3.05) is 32.7 Å². The maximum Gasteiger partial charge on any atom is 0.253 e. The SMILES string of the molecule is CCN(CC)C(=O)c1ccc(/C(=C\CN2CCCC2)c2cccc(O)c2)cc1. The number of hydrogen-bond acceptors (Lipinski definition) is 3. The maximum absolute atomic E-state index is 12.6. The number of benzene rings is 2. The highest BCUT2D eigenvalue weighted by atomic mass is 16.3. The van der Waals surface area contributed by atoms with Gasteiger partial charge in [-0.25, -0.2) is 0 Å². The number of amides is 1. The summed E-state index contributed by atoms with van der Waals surface area (Å²) in [6.07, 6.45) is 4.76. The first kappa shape index (κ1) is 20.2. The molecule has 1 N–H and O–H groups in total. The minimum absolute atomic E-state index is 0.0662. The number of phenols is 1. The molecule has 1 heterocycles. The van der Waals surface area contributed by atoms with Crippen LogP contribution in [0.3, 0.4) is 0 Å². The van der Waals surface area contributed by atoms with Gasteiger partial charge in [-0.15, -0.1) is 0 Å². The molecule has 0 atom stereocenters. The number of carbonyl (C=O) groups is 1. The van der Waals surface area contributed by atoms with E-state index >= 15 is 0 Å². The number of rotatable bonds is 7. The molecule has 3 rings (SSSR count). The molecule has 28 heavy (non-hydrogen) atoms. The zero-order valence-electron chi connectivity index (χ0n) is 16.9. The summed E-state index contributed by atoms with van der Waals surface area (Å²) in [4.78, 5) is 16.8. The molecule has 0 spiro atoms. The molecular formula is C24H30N2O2. The van der Waals surface area contributed by atoms with E-state index in [1.807, 2.05) is 55.1 Å². The molecule has 2 aromatic rings. The Hall–Kier alpha value is -2.59. The maximum atomic E-state index is 12.6. The Morgan fingerprint density at radius 1 is 1.00 bits per heavy atom. The summed E-state index contributed by atoms with van der Waals surface area (Å²) in [5.74, 6) is 0.328. The topological polar surface area (TPSA) is 43.8 Å². The normalized spacial score (nSPS) is 15.0. The van der Waals surface area contributed by atoms with Crippen LogP contribution in [0.25, 0.3) is 5.57 Å². The smallest absolute Gasteiger partial charge is 0.253 e. The Morgan fingerprint density at radius 3 is 2.25 bits per heavy atom. The molecule has 0 saturated carbocycles. The van der Waals surface area contributed by atoms with E-state index < -0.39 is 0 Å². The fourth-order valence-electron chi connectivity index (χ4n) is 3.75. The highest BCUT2D eigenvalue weighted by molar-refractivity contribution is 5.95. The number of hydrogen-bond donors (Lipinski definition) is 1. The van der Waals surface area contributed by atoms with E-state index in [0.717, 1.165) is 36.3 Å². The Labute approximate surface area is 168 Å². The molecule has 2 aromatic carbocycles. The quantitative estimate of drug-likeness (QED) is 0.776. The molecule has 0 unspecified atom stereocenters. The van der Waals surface area contributed by atoms with E-state index in [-0.39, 0.29) is 11.7 Å². The summed E-state index contributed by atoms with van der Waals surface area (Å²) < 4.78 is 0. The van der Waals surface area contributed by atoms with Crippen LogP contribution in [-0.2, 0) is 0 Å². The Morgan fingerprint density at radius 2 is 1.64 bits per heavy atom. The van der Waals surface area contributed by atoms with Gasteiger partial charge in [-0.2, -0.15) is 0 Å². The summed E-state index contributed by atoms with van der Waals surface area (Å²) in [5, 5.41) is 9.93. The largest absolute Gasteiger partial charge is 0.508 e. The van der Waals surface area contributed by atoms with Gasteiger partial charge in [0.15, 0.2) is 0 Å². The van der Waals surface area contributed by atoms with Crippen LogP contribution in [0.1, 0.15) is 48.2 Å². The average molecular weight is 379 g/mol. The molecule has 0 radical (unpaired) electrons. The highest BCUT2D eigenvalue weighted by Gasteiger charge is 2.14. The zero-order chi connectivity index (χ0) is 19.9. The van der Waals surface area contributed by atoms with Crippen LogP contribution >= 0.6 is 0 Å². The summed E-state index contributed by atoms with van der Waals surface area (Å²) in [5.41, 5.74) is 3.84. The minimum atomic E-state index is 0.0662. The van der Waals surface area contributed by atoms with E-state index in [1.165, 1.54) is 12.8 Å². The van der Waals surface area contributed by atoms with Crippen molar-refractivity contribution in [3.63, 3.8) is 0 Å². The summed E-state index contributed by atoms with van der Waals surface area (Å²) in [7, 11) is 0. The Bertz CT molecular complexity index is 817. The van der Waals surface area contributed by atoms with Crippen LogP contribution < -0.4 is 0 Å². The first-order valence-electron chi connectivity index (χ1n) is 10.2. The second-order valence-corrected chi connectivity index (χ2v) is 7.23. The van der Waals surface area contributed by atoms with Gasteiger partial charge < -0.3 is 10.0 Å². The number of aromatic hydroxyl groups is 1. The average Bonchev–Trinajstić information content (AvgIpc) is 3.23. The number of nitrogens with zero attached hydrogens (tertiary/aromatic N) is 2. The second kappa shape index (κ2) is 9.56. The van der Waals surface area contributed by atoms with E-state index in [2.05, 4.69) is 11.0 Å². The van der Waals surface area contributed by atoms with Gasteiger partial charge in [0.1, 0.15) is 5.75 Å². The number of phenolic OH excluding ortho intramolecular Hbond substituents is 1. The molecule has 4 heteroatoms. The molecule has 148 valence electrons. The van der Waals surface area contributed by atoms with Gasteiger partial charge in [0.2, 0.25) is 0 Å². The van der Waals surface area contributed by atoms with Gasteiger partial charge in [-0.3, -0.25) is 9.69 Å². The van der Waals surface area contributed by atoms with Gasteiger partial charge >= 0.3 is 0 Å². The standard InChI is InChI=1S/C24H30N2O2/c1-3-26(4-2)24(28)20-12-10-19(11-13-20)23(14-17-25-15-5-6-16-25)21-8-7-9-22(27)18-21/h7-14,18,27H,3-6,15-17H2,1-2H3/b23-14+. The van der Waals surface area contributed by atoms with Gasteiger partial charge in [-0.05, 0) is 80.7 Å². The second-order valence-electron chi connectivity index (χ2n) is 7.23. The molecule has 0 aliphatic carbocycles. The summed E-state index contributed by atoms with van der Waals surface area (Å²) in [6, 6.07) is 15.2. The Kier molecular flexibility index (Phi) is 6.88. The van der Waals surface area contributed by atoms with Gasteiger partial charge in [0.05, 0.1) is 0 Å². The van der Waals surface area contributed by atoms with Crippen molar-refractivity contribution in [1.29, 1.82) is 0 Å². The van der Waals surface area contributed by atoms with Gasteiger partial charge in [0.25, 0.3) is 5.91 Å². The number of likely N-dealkylation sites (tertiary alicyclic amines) is 1.